The maximum atomic E-state index is 12.5. The molecular formula is C17H17N3O3S2. The number of benzene rings is 2. The van der Waals surface area contributed by atoms with Gasteiger partial charge in [0.25, 0.3) is 10.0 Å². The van der Waals surface area contributed by atoms with Gasteiger partial charge in [-0.15, -0.1) is 0 Å². The van der Waals surface area contributed by atoms with Crippen molar-refractivity contribution in [1.29, 1.82) is 0 Å². The molecule has 8 heteroatoms. The maximum absolute atomic E-state index is 12.5. The van der Waals surface area contributed by atoms with E-state index in [-0.39, 0.29) is 4.90 Å². The molecule has 0 aromatic heterocycles. The molecule has 0 fully saturated rings. The fraction of sp³-hybridized carbons (Fsp3) is 0.235. The zero-order valence-corrected chi connectivity index (χ0v) is 14.9. The molecule has 0 bridgehead atoms. The van der Waals surface area contributed by atoms with Gasteiger partial charge in [-0.25, -0.2) is 13.4 Å². The highest BCUT2D eigenvalue weighted by molar-refractivity contribution is 8.14. The number of thioether (sulfide) groups is 1. The number of nitrogens with zero attached hydrogens (tertiary/aromatic N) is 1. The number of hydrogen-bond acceptors (Lipinski definition) is 6. The van der Waals surface area contributed by atoms with Gasteiger partial charge in [0.1, 0.15) is 5.54 Å². The van der Waals surface area contributed by atoms with E-state index in [4.69, 9.17) is 10.5 Å². The molecule has 0 saturated heterocycles. The summed E-state index contributed by atoms with van der Waals surface area (Å²) in [6, 6.07) is 13.8. The van der Waals surface area contributed by atoms with Gasteiger partial charge in [0.15, 0.2) is 5.17 Å². The summed E-state index contributed by atoms with van der Waals surface area (Å²) in [6.07, 6.45) is 0. The molecule has 2 heterocycles. The van der Waals surface area contributed by atoms with Gasteiger partial charge in [-0.2, -0.15) is 0 Å². The van der Waals surface area contributed by atoms with Gasteiger partial charge in [0.05, 0.1) is 18.1 Å². The van der Waals surface area contributed by atoms with Crippen molar-refractivity contribution in [2.75, 3.05) is 17.1 Å². The zero-order valence-electron chi connectivity index (χ0n) is 13.3. The van der Waals surface area contributed by atoms with Crippen molar-refractivity contribution in [3.63, 3.8) is 0 Å². The molecule has 130 valence electrons. The summed E-state index contributed by atoms with van der Waals surface area (Å²) in [5.41, 5.74) is 7.82. The lowest BCUT2D eigenvalue weighted by Crippen LogP contribution is -2.35. The van der Waals surface area contributed by atoms with E-state index in [1.54, 1.807) is 36.4 Å². The molecule has 0 radical (unpaired) electrons. The second kappa shape index (κ2) is 6.05. The van der Waals surface area contributed by atoms with Crippen LogP contribution < -0.4 is 10.5 Å². The van der Waals surface area contributed by atoms with Crippen LogP contribution in [0.2, 0.25) is 0 Å². The van der Waals surface area contributed by atoms with E-state index in [2.05, 4.69) is 9.71 Å². The number of fused-ring (bicyclic) bond motifs is 2. The van der Waals surface area contributed by atoms with Crippen LogP contribution in [0.1, 0.15) is 11.1 Å². The van der Waals surface area contributed by atoms with Crippen LogP contribution in [-0.4, -0.2) is 25.9 Å². The van der Waals surface area contributed by atoms with Crippen molar-refractivity contribution in [2.24, 2.45) is 10.7 Å². The predicted molar refractivity (Wildman–Crippen MR) is 99.1 cm³/mol. The lowest BCUT2D eigenvalue weighted by atomic mass is 9.87. The number of nitrogens with two attached hydrogens (primary N) is 1. The third-order valence-corrected chi connectivity index (χ3v) is 6.70. The minimum absolute atomic E-state index is 0.226. The van der Waals surface area contributed by atoms with E-state index in [9.17, 15) is 8.42 Å². The number of anilines is 1. The molecule has 6 nitrogen and oxygen atoms in total. The van der Waals surface area contributed by atoms with Crippen molar-refractivity contribution >= 4 is 32.6 Å². The summed E-state index contributed by atoms with van der Waals surface area (Å²) in [5, 5.41) is 0.534. The number of sulfonamides is 1. The van der Waals surface area contributed by atoms with Gasteiger partial charge in [0.2, 0.25) is 0 Å². The number of amidine groups is 1. The molecule has 2 aromatic carbocycles. The second-order valence-corrected chi connectivity index (χ2v) is 8.73. The van der Waals surface area contributed by atoms with Crippen LogP contribution >= 0.6 is 11.8 Å². The van der Waals surface area contributed by atoms with E-state index >= 15 is 0 Å². The molecule has 3 N–H and O–H groups in total. The van der Waals surface area contributed by atoms with Crippen molar-refractivity contribution in [2.45, 2.75) is 17.0 Å². The average Bonchev–Trinajstić information content (AvgIpc) is 2.98. The topological polar surface area (TPSA) is 93.8 Å². The van der Waals surface area contributed by atoms with Crippen LogP contribution in [0, 0.1) is 0 Å². The van der Waals surface area contributed by atoms with Gasteiger partial charge in [-0.3, -0.25) is 4.72 Å². The fourth-order valence-electron chi connectivity index (χ4n) is 3.10. The van der Waals surface area contributed by atoms with E-state index in [1.807, 2.05) is 12.1 Å². The Morgan fingerprint density at radius 3 is 2.72 bits per heavy atom. The second-order valence-electron chi connectivity index (χ2n) is 6.05. The Labute approximate surface area is 150 Å². The molecule has 1 unspecified atom stereocenters. The Bertz CT molecular complexity index is 945. The highest BCUT2D eigenvalue weighted by atomic mass is 32.2. The third-order valence-electron chi connectivity index (χ3n) is 4.30. The lowest BCUT2D eigenvalue weighted by Gasteiger charge is -2.32. The first kappa shape index (κ1) is 16.4. The monoisotopic (exact) mass is 375 g/mol. The maximum Gasteiger partial charge on any atom is 0.261 e. The van der Waals surface area contributed by atoms with Crippen LogP contribution in [0.3, 0.4) is 0 Å². The Hall–Kier alpha value is -2.03. The number of hydrogen-bond donors (Lipinski definition) is 2. The Balaban J connectivity index is 1.71. The highest BCUT2D eigenvalue weighted by Gasteiger charge is 2.41. The minimum atomic E-state index is -3.63. The zero-order chi connectivity index (χ0) is 17.5. The Morgan fingerprint density at radius 1 is 1.20 bits per heavy atom. The van der Waals surface area contributed by atoms with Crippen LogP contribution in [0.25, 0.3) is 0 Å². The number of rotatable bonds is 3. The SMILES string of the molecule is NC1=NC2(COCc3ccc(NS(=O)(=O)c4ccccc4)cc32)CS1. The van der Waals surface area contributed by atoms with Crippen molar-refractivity contribution < 1.29 is 13.2 Å². The summed E-state index contributed by atoms with van der Waals surface area (Å²) in [5.74, 6) is 0.695. The summed E-state index contributed by atoms with van der Waals surface area (Å²) >= 11 is 1.49. The first-order valence-corrected chi connectivity index (χ1v) is 10.2. The van der Waals surface area contributed by atoms with Gasteiger partial charge < -0.3 is 10.5 Å². The highest BCUT2D eigenvalue weighted by Crippen LogP contribution is 2.42. The average molecular weight is 375 g/mol. The quantitative estimate of drug-likeness (QED) is 0.858. The standard InChI is InChI=1S/C17H17N3O3S2/c18-16-19-17(11-24-16)10-23-9-12-6-7-13(8-15(12)17)20-25(21,22)14-4-2-1-3-5-14/h1-8,20H,9-11H2,(H2,18,19). The predicted octanol–water partition coefficient (Wildman–Crippen LogP) is 2.27. The summed E-state index contributed by atoms with van der Waals surface area (Å²) < 4.78 is 33.4. The smallest absolute Gasteiger partial charge is 0.261 e. The largest absolute Gasteiger partial charge is 0.379 e. The van der Waals surface area contributed by atoms with Crippen molar-refractivity contribution in [1.82, 2.24) is 0 Å². The van der Waals surface area contributed by atoms with Crippen molar-refractivity contribution in [3.8, 4) is 0 Å². The normalized spacial score (nSPS) is 22.5. The third kappa shape index (κ3) is 3.01. The molecule has 1 spiro atoms. The van der Waals surface area contributed by atoms with Gasteiger partial charge in [0, 0.05) is 11.4 Å². The molecule has 2 aliphatic rings. The molecule has 2 aromatic rings. The van der Waals surface area contributed by atoms with E-state index in [0.29, 0.717) is 29.8 Å². The molecule has 0 aliphatic carbocycles. The Kier molecular flexibility index (Phi) is 3.98. The number of ether oxygens (including phenoxy) is 1. The molecule has 2 aliphatic heterocycles. The van der Waals surface area contributed by atoms with E-state index in [0.717, 1.165) is 11.1 Å². The Morgan fingerprint density at radius 2 is 2.00 bits per heavy atom. The number of nitrogens with one attached hydrogen (secondary N) is 1. The van der Waals surface area contributed by atoms with E-state index in [1.165, 1.54) is 11.8 Å². The number of aliphatic imine (C=N–C) groups is 1. The lowest BCUT2D eigenvalue weighted by molar-refractivity contribution is 0.0634. The van der Waals surface area contributed by atoms with Crippen LogP contribution in [0.15, 0.2) is 58.4 Å². The molecule has 4 rings (SSSR count). The summed E-state index contributed by atoms with van der Waals surface area (Å²) in [6.45, 7) is 0.936. The first-order valence-electron chi connectivity index (χ1n) is 7.76. The first-order chi connectivity index (χ1) is 12.0. The summed E-state index contributed by atoms with van der Waals surface area (Å²) in [7, 11) is -3.63. The molecule has 0 saturated carbocycles. The van der Waals surface area contributed by atoms with E-state index < -0.39 is 15.6 Å². The van der Waals surface area contributed by atoms with Gasteiger partial charge >= 0.3 is 0 Å². The minimum Gasteiger partial charge on any atom is -0.379 e. The fourth-order valence-corrected chi connectivity index (χ4v) is 5.10. The summed E-state index contributed by atoms with van der Waals surface area (Å²) in [4.78, 5) is 4.80. The van der Waals surface area contributed by atoms with Crippen LogP contribution in [0.4, 0.5) is 5.69 Å². The van der Waals surface area contributed by atoms with Crippen LogP contribution in [0.5, 0.6) is 0 Å². The van der Waals surface area contributed by atoms with Gasteiger partial charge in [-0.1, -0.05) is 36.0 Å². The molecular weight excluding hydrogens is 358 g/mol. The molecule has 0 amide bonds. The molecule has 1 atom stereocenters. The van der Waals surface area contributed by atoms with Crippen LogP contribution in [-0.2, 0) is 26.9 Å². The molecule has 25 heavy (non-hydrogen) atoms. The van der Waals surface area contributed by atoms with Crippen molar-refractivity contribution in [3.05, 3.63) is 59.7 Å². The van der Waals surface area contributed by atoms with Gasteiger partial charge in [-0.05, 0) is 35.4 Å².